The maximum Gasteiger partial charge on any atom is 0.139 e. The Balaban J connectivity index is 1.72. The van der Waals surface area contributed by atoms with Gasteiger partial charge >= 0.3 is 0 Å². The fourth-order valence-corrected chi connectivity index (χ4v) is 4.65. The number of benzene rings is 1. The maximum absolute atomic E-state index is 10.6. The third-order valence-corrected chi connectivity index (χ3v) is 5.74. The lowest BCUT2D eigenvalue weighted by Gasteiger charge is -2.25. The van der Waals surface area contributed by atoms with E-state index in [0.29, 0.717) is 28.3 Å². The highest BCUT2D eigenvalue weighted by molar-refractivity contribution is 6.34. The van der Waals surface area contributed by atoms with E-state index in [-0.39, 0.29) is 0 Å². The van der Waals surface area contributed by atoms with Crippen molar-refractivity contribution in [2.24, 2.45) is 17.8 Å². The quantitative estimate of drug-likeness (QED) is 0.799. The Morgan fingerprint density at radius 3 is 2.67 bits per heavy atom. The van der Waals surface area contributed by atoms with Gasteiger partial charge in [0.2, 0.25) is 0 Å². The van der Waals surface area contributed by atoms with Gasteiger partial charge in [-0.2, -0.15) is 0 Å². The van der Waals surface area contributed by atoms with Crippen LogP contribution in [0.3, 0.4) is 0 Å². The molecule has 2 aliphatic rings. The molecule has 2 aliphatic carbocycles. The Hall–Kier alpha value is -0.440. The van der Waals surface area contributed by atoms with Crippen LogP contribution in [0.25, 0.3) is 0 Å². The van der Waals surface area contributed by atoms with Gasteiger partial charge in [-0.05, 0) is 56.4 Å². The fourth-order valence-electron chi connectivity index (χ4n) is 4.14. The van der Waals surface area contributed by atoms with Gasteiger partial charge in [0.05, 0.1) is 22.8 Å². The molecule has 0 amide bonds. The molecule has 3 rings (SSSR count). The first-order valence-electron chi connectivity index (χ1n) is 7.88. The van der Waals surface area contributed by atoms with E-state index in [4.69, 9.17) is 27.9 Å². The van der Waals surface area contributed by atoms with Crippen LogP contribution in [0.5, 0.6) is 5.75 Å². The first kappa shape index (κ1) is 15.5. The van der Waals surface area contributed by atoms with Gasteiger partial charge in [0.15, 0.2) is 0 Å². The number of rotatable bonds is 5. The average molecular weight is 329 g/mol. The van der Waals surface area contributed by atoms with Gasteiger partial charge in [-0.25, -0.2) is 0 Å². The van der Waals surface area contributed by atoms with Crippen LogP contribution in [-0.2, 0) is 0 Å². The summed E-state index contributed by atoms with van der Waals surface area (Å²) in [6.07, 6.45) is 5.60. The van der Waals surface area contributed by atoms with Crippen LogP contribution in [0.4, 0.5) is 0 Å². The predicted molar refractivity (Wildman–Crippen MR) is 86.1 cm³/mol. The van der Waals surface area contributed by atoms with Crippen LogP contribution in [0.1, 0.15) is 50.7 Å². The Bertz CT molecular complexity index is 518. The van der Waals surface area contributed by atoms with E-state index >= 15 is 0 Å². The van der Waals surface area contributed by atoms with Crippen LogP contribution in [0, 0.1) is 17.8 Å². The zero-order chi connectivity index (χ0) is 15.0. The molecule has 2 bridgehead atoms. The van der Waals surface area contributed by atoms with Crippen molar-refractivity contribution in [1.29, 1.82) is 0 Å². The maximum atomic E-state index is 10.6. The van der Waals surface area contributed by atoms with Gasteiger partial charge in [0.25, 0.3) is 0 Å². The van der Waals surface area contributed by atoms with Crippen molar-refractivity contribution >= 4 is 23.2 Å². The number of hydrogen-bond acceptors (Lipinski definition) is 2. The van der Waals surface area contributed by atoms with E-state index in [0.717, 1.165) is 23.8 Å². The van der Waals surface area contributed by atoms with Crippen LogP contribution in [0.2, 0.25) is 10.0 Å². The summed E-state index contributed by atoms with van der Waals surface area (Å²) in [6, 6.07) is 3.47. The van der Waals surface area contributed by atoms with Crippen molar-refractivity contribution in [1.82, 2.24) is 0 Å². The molecule has 0 heterocycles. The summed E-state index contributed by atoms with van der Waals surface area (Å²) in [6.45, 7) is 2.45. The number of aliphatic hydroxyl groups excluding tert-OH is 1. The van der Waals surface area contributed by atoms with E-state index in [1.807, 2.05) is 6.92 Å². The fraction of sp³-hybridized carbons (Fsp3) is 0.647. The molecule has 4 heteroatoms. The zero-order valence-electron chi connectivity index (χ0n) is 12.3. The summed E-state index contributed by atoms with van der Waals surface area (Å²) in [5.74, 6) is 2.92. The largest absolute Gasteiger partial charge is 0.492 e. The number of aliphatic hydroxyl groups is 1. The molecule has 0 aromatic heterocycles. The van der Waals surface area contributed by atoms with E-state index in [1.165, 1.54) is 25.7 Å². The number of ether oxygens (including phenoxy) is 1. The summed E-state index contributed by atoms with van der Waals surface area (Å²) in [5.41, 5.74) is 0.730. The number of fused-ring (bicyclic) bond motifs is 2. The second-order valence-electron chi connectivity index (χ2n) is 6.42. The molecule has 2 nitrogen and oxygen atoms in total. The van der Waals surface area contributed by atoms with Crippen molar-refractivity contribution in [3.63, 3.8) is 0 Å². The highest BCUT2D eigenvalue weighted by atomic mass is 35.5. The average Bonchev–Trinajstić information content (AvgIpc) is 3.05. The van der Waals surface area contributed by atoms with E-state index in [9.17, 15) is 5.11 Å². The van der Waals surface area contributed by atoms with Gasteiger partial charge in [-0.3, -0.25) is 0 Å². The topological polar surface area (TPSA) is 29.5 Å². The van der Waals surface area contributed by atoms with Crippen molar-refractivity contribution in [2.75, 3.05) is 6.61 Å². The Morgan fingerprint density at radius 2 is 2.05 bits per heavy atom. The molecule has 1 aromatic carbocycles. The van der Waals surface area contributed by atoms with Gasteiger partial charge in [-0.1, -0.05) is 29.6 Å². The van der Waals surface area contributed by atoms with Crippen LogP contribution >= 0.6 is 23.2 Å². The molecule has 4 unspecified atom stereocenters. The van der Waals surface area contributed by atoms with Crippen molar-refractivity contribution in [3.05, 3.63) is 27.7 Å². The van der Waals surface area contributed by atoms with Gasteiger partial charge in [0, 0.05) is 11.6 Å². The minimum atomic E-state index is -0.532. The SMILES string of the molecule is CCOc1cc(Cl)c(C(O)CC2CC3CCC2C3)cc1Cl. The van der Waals surface area contributed by atoms with E-state index in [2.05, 4.69) is 0 Å². The summed E-state index contributed by atoms with van der Waals surface area (Å²) >= 11 is 12.5. The van der Waals surface area contributed by atoms with Crippen molar-refractivity contribution in [3.8, 4) is 5.75 Å². The molecule has 0 radical (unpaired) electrons. The second kappa shape index (κ2) is 6.36. The number of hydrogen-bond donors (Lipinski definition) is 1. The molecule has 2 saturated carbocycles. The minimum absolute atomic E-state index is 0.517. The molecule has 1 N–H and O–H groups in total. The lowest BCUT2D eigenvalue weighted by Crippen LogP contribution is -2.14. The van der Waals surface area contributed by atoms with Gasteiger partial charge in [0.1, 0.15) is 5.75 Å². The molecular formula is C17H22Cl2O2. The Kier molecular flexibility index (Phi) is 4.68. The summed E-state index contributed by atoms with van der Waals surface area (Å²) in [7, 11) is 0. The normalized spacial score (nSPS) is 28.9. The molecular weight excluding hydrogens is 307 g/mol. The standard InChI is InChI=1S/C17H22Cl2O2/c1-2-21-17-9-14(18)13(8-15(17)19)16(20)7-12-6-10-3-4-11(12)5-10/h8-12,16,20H,2-7H2,1H3. The lowest BCUT2D eigenvalue weighted by atomic mass is 9.83. The Morgan fingerprint density at radius 1 is 1.24 bits per heavy atom. The van der Waals surface area contributed by atoms with Crippen molar-refractivity contribution < 1.29 is 9.84 Å². The number of halogens is 2. The Labute approximate surface area is 136 Å². The molecule has 1 aromatic rings. The highest BCUT2D eigenvalue weighted by Gasteiger charge is 2.40. The molecule has 4 atom stereocenters. The first-order valence-corrected chi connectivity index (χ1v) is 8.63. The summed E-state index contributed by atoms with van der Waals surface area (Å²) < 4.78 is 5.43. The van der Waals surface area contributed by atoms with Gasteiger partial charge < -0.3 is 9.84 Å². The predicted octanol–water partition coefficient (Wildman–Crippen LogP) is 5.25. The first-order chi connectivity index (χ1) is 10.1. The molecule has 0 spiro atoms. The monoisotopic (exact) mass is 328 g/mol. The molecule has 21 heavy (non-hydrogen) atoms. The minimum Gasteiger partial charge on any atom is -0.492 e. The van der Waals surface area contributed by atoms with Gasteiger partial charge in [-0.15, -0.1) is 0 Å². The van der Waals surface area contributed by atoms with E-state index < -0.39 is 6.10 Å². The van der Waals surface area contributed by atoms with Crippen molar-refractivity contribution in [2.45, 2.75) is 45.1 Å². The van der Waals surface area contributed by atoms with E-state index in [1.54, 1.807) is 12.1 Å². The molecule has 0 aliphatic heterocycles. The summed E-state index contributed by atoms with van der Waals surface area (Å²) in [5, 5.41) is 11.6. The van der Waals surface area contributed by atoms with Crippen LogP contribution in [0.15, 0.2) is 12.1 Å². The molecule has 2 fully saturated rings. The molecule has 0 saturated heterocycles. The summed E-state index contributed by atoms with van der Waals surface area (Å²) in [4.78, 5) is 0. The molecule has 116 valence electrons. The lowest BCUT2D eigenvalue weighted by molar-refractivity contribution is 0.125. The second-order valence-corrected chi connectivity index (χ2v) is 7.24. The zero-order valence-corrected chi connectivity index (χ0v) is 13.8. The third-order valence-electron chi connectivity index (χ3n) is 5.12. The van der Waals surface area contributed by atoms with Crippen LogP contribution < -0.4 is 4.74 Å². The highest BCUT2D eigenvalue weighted by Crippen LogP contribution is 2.51. The van der Waals surface area contributed by atoms with Crippen LogP contribution in [-0.4, -0.2) is 11.7 Å². The third kappa shape index (κ3) is 3.18. The smallest absolute Gasteiger partial charge is 0.139 e.